The fraction of sp³-hybridized carbons (Fsp3) is 0.118. The largest absolute Gasteiger partial charge is 4.00 e. The summed E-state index contributed by atoms with van der Waals surface area (Å²) in [4.78, 5) is 43.5. The minimum Gasteiger partial charge on any atom is -0.593 e. The standard InChI is InChI=1S/2C10H9O2.2C7H6O3.Ti/c2*1-8(11)7-10(12)9-5-3-2-4-6-9;2*8-5-1-2-6-7(3-5)10-4-9-6;/h2*2-7H,1H3;2*1-3,8H,4H2;/q2*+1;;;+4/p+2. The topological polar surface area (TPSA) is 151 Å². The van der Waals surface area contributed by atoms with Crippen LogP contribution in [0.2, 0.25) is 0 Å². The molecule has 10 nitrogen and oxygen atoms in total. The van der Waals surface area contributed by atoms with Gasteiger partial charge >= 0.3 is 33.3 Å². The number of ether oxygens (including phenoxy) is 4. The van der Waals surface area contributed by atoms with Crippen LogP contribution in [0.5, 0.6) is 34.5 Å². The van der Waals surface area contributed by atoms with Gasteiger partial charge in [-0.15, -0.1) is 0 Å². The third kappa shape index (κ3) is 12.5. The van der Waals surface area contributed by atoms with E-state index in [-0.39, 0.29) is 58.4 Å². The van der Waals surface area contributed by atoms with Crippen molar-refractivity contribution in [3.8, 4) is 34.5 Å². The van der Waals surface area contributed by atoms with Crippen molar-refractivity contribution in [3.05, 3.63) is 121 Å². The molecule has 4 N–H and O–H groups in total. The molecule has 11 heteroatoms. The van der Waals surface area contributed by atoms with Gasteiger partial charge in [-0.25, -0.2) is 9.59 Å². The third-order valence-electron chi connectivity index (χ3n) is 5.53. The second-order valence-corrected chi connectivity index (χ2v) is 9.11. The molecule has 0 aromatic heterocycles. The third-order valence-corrected chi connectivity index (χ3v) is 5.53. The first-order valence-corrected chi connectivity index (χ1v) is 13.2. The minimum absolute atomic E-state index is 0. The second-order valence-electron chi connectivity index (χ2n) is 9.11. The number of rotatable bonds is 6. The number of benzene rings is 4. The van der Waals surface area contributed by atoms with Crippen LogP contribution in [0.4, 0.5) is 0 Å². The number of hydrogen-bond acceptors (Lipinski definition) is 8. The first-order valence-electron chi connectivity index (χ1n) is 13.2. The Balaban J connectivity index is 0.000000208. The van der Waals surface area contributed by atoms with Crippen molar-refractivity contribution in [2.75, 3.05) is 13.6 Å². The van der Waals surface area contributed by atoms with E-state index in [1.54, 1.807) is 84.9 Å². The van der Waals surface area contributed by atoms with Gasteiger partial charge < -0.3 is 29.2 Å². The minimum atomic E-state index is -0.233. The van der Waals surface area contributed by atoms with Crippen molar-refractivity contribution < 1.29 is 70.1 Å². The van der Waals surface area contributed by atoms with Crippen molar-refractivity contribution in [1.82, 2.24) is 0 Å². The van der Waals surface area contributed by atoms with Gasteiger partial charge in [-0.2, -0.15) is 0 Å². The number of fused-ring (bicyclic) bond motifs is 2. The van der Waals surface area contributed by atoms with Gasteiger partial charge in [0.05, 0.1) is 12.1 Å². The van der Waals surface area contributed by atoms with Crippen LogP contribution in [0.3, 0.4) is 0 Å². The van der Waals surface area contributed by atoms with Crippen LogP contribution in [0.1, 0.15) is 34.6 Å². The Bertz CT molecular complexity index is 1450. The maximum Gasteiger partial charge on any atom is 4.00 e. The summed E-state index contributed by atoms with van der Waals surface area (Å²) in [7, 11) is 0. The van der Waals surface area contributed by atoms with Crippen molar-refractivity contribution in [3.63, 3.8) is 0 Å². The van der Waals surface area contributed by atoms with E-state index in [9.17, 15) is 19.2 Å². The maximum atomic E-state index is 11.2. The normalized spacial score (nSPS) is 10.9. The second kappa shape index (κ2) is 18.5. The number of Topliss-reactive ketones (excluding diaryl/α,β-unsaturated/α-hetero) is 4. The Morgan fingerprint density at radius 2 is 0.867 bits per heavy atom. The molecule has 0 unspecified atom stereocenters. The molecule has 0 amide bonds. The van der Waals surface area contributed by atoms with E-state index >= 15 is 0 Å². The zero-order valence-electron chi connectivity index (χ0n) is 24.6. The van der Waals surface area contributed by atoms with Crippen molar-refractivity contribution in [2.24, 2.45) is 0 Å². The molecule has 224 valence electrons. The molecular formula is C34H32O10Ti+8. The average molecular weight is 648 g/mol. The van der Waals surface area contributed by atoms with Gasteiger partial charge in [0, 0.05) is 50.2 Å². The van der Waals surface area contributed by atoms with E-state index in [4.69, 9.17) is 29.2 Å². The molecule has 0 aliphatic carbocycles. The predicted octanol–water partition coefficient (Wildman–Crippen LogP) is 5.03. The van der Waals surface area contributed by atoms with Crippen LogP contribution < -0.4 is 18.9 Å². The fourth-order valence-electron chi connectivity index (χ4n) is 3.53. The summed E-state index contributed by atoms with van der Waals surface area (Å²) in [6, 6.07) is 27.5. The van der Waals surface area contributed by atoms with Gasteiger partial charge in [0.15, 0.2) is 47.0 Å². The molecule has 0 saturated heterocycles. The zero-order valence-corrected chi connectivity index (χ0v) is 26.1. The molecule has 45 heavy (non-hydrogen) atoms. The summed E-state index contributed by atoms with van der Waals surface area (Å²) < 4.78 is 20.2. The predicted molar refractivity (Wildman–Crippen MR) is 163 cm³/mol. The first-order chi connectivity index (χ1) is 21.1. The van der Waals surface area contributed by atoms with Crippen LogP contribution in [0, 0.1) is 12.8 Å². The van der Waals surface area contributed by atoms with E-state index < -0.39 is 0 Å². The van der Waals surface area contributed by atoms with Crippen LogP contribution in [0.25, 0.3) is 0 Å². The monoisotopic (exact) mass is 648 g/mol. The summed E-state index contributed by atoms with van der Waals surface area (Å²) in [5.74, 6) is 2.81. The van der Waals surface area contributed by atoms with Crippen LogP contribution >= 0.6 is 0 Å². The molecule has 0 bridgehead atoms. The molecular weight excluding hydrogens is 616 g/mol. The molecule has 4 aromatic rings. The van der Waals surface area contributed by atoms with E-state index in [1.165, 1.54) is 13.8 Å². The van der Waals surface area contributed by atoms with Gasteiger partial charge in [0.1, 0.15) is 0 Å². The summed E-state index contributed by atoms with van der Waals surface area (Å²) in [5, 5.41) is 14.5. The smallest absolute Gasteiger partial charge is 0.593 e. The molecule has 6 rings (SSSR count). The Labute approximate surface area is 275 Å². The average Bonchev–Trinajstić information content (AvgIpc) is 3.67. The number of carbonyl (C=O) groups is 4. The Hall–Kier alpha value is -5.19. The zero-order chi connectivity index (χ0) is 31.9. The molecule has 4 aromatic carbocycles. The van der Waals surface area contributed by atoms with Crippen molar-refractivity contribution in [2.45, 2.75) is 13.8 Å². The molecule has 2 aliphatic rings. The number of ketones is 4. The van der Waals surface area contributed by atoms with Gasteiger partial charge in [0.25, 0.3) is 11.5 Å². The van der Waals surface area contributed by atoms with E-state index in [0.717, 1.165) is 24.3 Å². The summed E-state index contributed by atoms with van der Waals surface area (Å²) in [6.45, 7) is 3.28. The molecule has 0 radical (unpaired) electrons. The molecule has 0 fully saturated rings. The molecule has 0 saturated carbocycles. The van der Waals surface area contributed by atoms with Crippen molar-refractivity contribution in [1.29, 1.82) is 0 Å². The summed E-state index contributed by atoms with van der Waals surface area (Å²) >= 11 is 0. The van der Waals surface area contributed by atoms with E-state index in [2.05, 4.69) is 0 Å². The van der Waals surface area contributed by atoms with Gasteiger partial charge in [-0.3, -0.25) is 9.59 Å². The van der Waals surface area contributed by atoms with Crippen LogP contribution in [-0.2, 0) is 31.3 Å². The van der Waals surface area contributed by atoms with Gasteiger partial charge in [0.2, 0.25) is 25.2 Å². The Morgan fingerprint density at radius 1 is 0.533 bits per heavy atom. The number of carbonyl (C=O) groups excluding carboxylic acids is 4. The Morgan fingerprint density at radius 3 is 1.20 bits per heavy atom. The van der Waals surface area contributed by atoms with Crippen molar-refractivity contribution >= 4 is 23.1 Å². The quantitative estimate of drug-likeness (QED) is 0.0929. The van der Waals surface area contributed by atoms with Crippen LogP contribution in [-0.4, -0.2) is 46.9 Å². The maximum absolute atomic E-state index is 11.2. The Kier molecular flexibility index (Phi) is 14.8. The molecule has 2 heterocycles. The van der Waals surface area contributed by atoms with Crippen LogP contribution in [0.15, 0.2) is 97.1 Å². The molecule has 2 aliphatic heterocycles. The fourth-order valence-corrected chi connectivity index (χ4v) is 3.53. The number of hydrogen-bond donors (Lipinski definition) is 0. The molecule has 0 spiro atoms. The first kappa shape index (κ1) is 36.0. The summed E-state index contributed by atoms with van der Waals surface area (Å²) in [5.41, 5.74) is 1.10. The summed E-state index contributed by atoms with van der Waals surface area (Å²) in [6.07, 6.45) is 2.19. The van der Waals surface area contributed by atoms with E-state index in [1.807, 2.05) is 12.1 Å². The van der Waals surface area contributed by atoms with E-state index in [0.29, 0.717) is 34.1 Å². The molecule has 0 atom stereocenters. The SMILES string of the molecule is CC(=O)[CH+]C(=O)c1ccccc1.CC(=O)[CH+]C(=O)c1ccccc1.[OH2+]c1ccc2c(c1)OCO2.[OH2+]c1ccc2c(c1)OCO2.[Ti+4]. The van der Waals surface area contributed by atoms with Gasteiger partial charge in [-0.1, -0.05) is 12.1 Å². The van der Waals surface area contributed by atoms with Gasteiger partial charge in [-0.05, 0) is 36.4 Å².